The van der Waals surface area contributed by atoms with Gasteiger partial charge in [-0.15, -0.1) is 0 Å². The smallest absolute Gasteiger partial charge is 0.245 e. The Morgan fingerprint density at radius 3 is 1.67 bits per heavy atom. The maximum atomic E-state index is 10.4. The van der Waals surface area contributed by atoms with E-state index in [4.69, 9.17) is 11.6 Å². The van der Waals surface area contributed by atoms with Gasteiger partial charge in [-0.3, -0.25) is 4.79 Å². The van der Waals surface area contributed by atoms with E-state index in [1.54, 1.807) is 12.2 Å². The first kappa shape index (κ1) is 22.4. The lowest BCUT2D eigenvalue weighted by molar-refractivity contribution is -0.107. The fourth-order valence-corrected chi connectivity index (χ4v) is 2.11. The van der Waals surface area contributed by atoms with Crippen molar-refractivity contribution < 1.29 is 4.79 Å². The first-order valence-corrected chi connectivity index (χ1v) is 9.34. The van der Waals surface area contributed by atoms with E-state index >= 15 is 0 Å². The van der Waals surface area contributed by atoms with Gasteiger partial charge in [0.15, 0.2) is 0 Å². The van der Waals surface area contributed by atoms with Gasteiger partial charge in [0.05, 0.1) is 0 Å². The predicted octanol–water partition coefficient (Wildman–Crippen LogP) is 7.23. The van der Waals surface area contributed by atoms with Crippen molar-refractivity contribution in [2.45, 2.75) is 58.3 Å². The molecule has 1 nitrogen and oxygen atoms in total. The lowest BCUT2D eigenvalue weighted by Gasteiger charge is -1.98. The van der Waals surface area contributed by atoms with Crippen LogP contribution in [-0.2, 0) is 4.79 Å². The van der Waals surface area contributed by atoms with Crippen LogP contribution in [0.3, 0.4) is 0 Å². The molecule has 0 saturated carbocycles. The second-order valence-electron chi connectivity index (χ2n) is 5.54. The molecular formula is C22H31ClO. The molecule has 0 heterocycles. The highest BCUT2D eigenvalue weighted by Gasteiger charge is 1.88. The zero-order valence-corrected chi connectivity index (χ0v) is 15.6. The van der Waals surface area contributed by atoms with Gasteiger partial charge in [-0.25, -0.2) is 0 Å². The molecule has 0 N–H and O–H groups in total. The summed E-state index contributed by atoms with van der Waals surface area (Å²) in [5.41, 5.74) is 0. The van der Waals surface area contributed by atoms with E-state index in [2.05, 4.69) is 25.2 Å². The third-order valence-corrected chi connectivity index (χ3v) is 3.46. The number of carbonyl (C=O) groups is 1. The van der Waals surface area contributed by atoms with Crippen LogP contribution in [0.25, 0.3) is 0 Å². The second-order valence-corrected chi connectivity index (χ2v) is 5.91. The molecule has 24 heavy (non-hydrogen) atoms. The average Bonchev–Trinajstić information content (AvgIpc) is 2.56. The summed E-state index contributed by atoms with van der Waals surface area (Å²) >= 11 is 5.16. The van der Waals surface area contributed by atoms with Gasteiger partial charge < -0.3 is 0 Å². The van der Waals surface area contributed by atoms with Gasteiger partial charge in [-0.2, -0.15) is 0 Å². The van der Waals surface area contributed by atoms with Crippen LogP contribution in [0.2, 0.25) is 0 Å². The maximum absolute atomic E-state index is 10.4. The zero-order valence-electron chi connectivity index (χ0n) is 14.9. The normalized spacial score (nSPS) is 13.1. The van der Waals surface area contributed by atoms with E-state index in [9.17, 15) is 4.79 Å². The number of unbranched alkanes of at least 4 members (excludes halogenated alkanes) is 7. The summed E-state index contributed by atoms with van der Waals surface area (Å²) in [5, 5.41) is -0.464. The van der Waals surface area contributed by atoms with Crippen molar-refractivity contribution in [2.75, 3.05) is 0 Å². The minimum Gasteiger partial charge on any atom is -0.276 e. The lowest BCUT2D eigenvalue weighted by Crippen LogP contribution is -1.78. The van der Waals surface area contributed by atoms with Crippen LogP contribution in [0.1, 0.15) is 58.3 Å². The summed E-state index contributed by atoms with van der Waals surface area (Å²) in [4.78, 5) is 10.4. The average molecular weight is 347 g/mol. The molecule has 132 valence electrons. The molecular weight excluding hydrogens is 316 g/mol. The van der Waals surface area contributed by atoms with Crippen molar-refractivity contribution in [1.29, 1.82) is 0 Å². The largest absolute Gasteiger partial charge is 0.276 e. The summed E-state index contributed by atoms with van der Waals surface area (Å²) in [7, 11) is 0. The summed E-state index contributed by atoms with van der Waals surface area (Å²) in [5.74, 6) is 0. The SMILES string of the molecule is CCCCCCCCC/C=C/C=C/C=C/C=C/C=C/C=C/C(=O)Cl. The second kappa shape index (κ2) is 19.4. The van der Waals surface area contributed by atoms with Gasteiger partial charge in [0.1, 0.15) is 0 Å². The van der Waals surface area contributed by atoms with Gasteiger partial charge in [-0.1, -0.05) is 112 Å². The van der Waals surface area contributed by atoms with E-state index in [1.165, 1.54) is 57.4 Å². The zero-order chi connectivity index (χ0) is 17.7. The highest BCUT2D eigenvalue weighted by molar-refractivity contribution is 6.66. The standard InChI is InChI=1S/C22H31ClO/c1-2-3-4-5-6-7-8-9-10-11-12-13-14-15-16-17-18-19-20-21-22(23)24/h10-21H,2-9H2,1H3/b11-10+,13-12+,15-14+,17-16+,19-18+,21-20+. The molecule has 0 saturated heterocycles. The molecule has 0 aliphatic carbocycles. The highest BCUT2D eigenvalue weighted by Crippen LogP contribution is 2.08. The van der Waals surface area contributed by atoms with Gasteiger partial charge in [0.2, 0.25) is 5.24 Å². The van der Waals surface area contributed by atoms with E-state index in [1.807, 2.05) is 36.5 Å². The number of carbonyl (C=O) groups excluding carboxylic acids is 1. The lowest BCUT2D eigenvalue weighted by atomic mass is 10.1. The van der Waals surface area contributed by atoms with Gasteiger partial charge in [0.25, 0.3) is 0 Å². The Kier molecular flexibility index (Phi) is 18.2. The topological polar surface area (TPSA) is 17.1 Å². The Bertz CT molecular complexity index is 464. The van der Waals surface area contributed by atoms with Crippen LogP contribution in [0.15, 0.2) is 72.9 Å². The van der Waals surface area contributed by atoms with Gasteiger partial charge >= 0.3 is 0 Å². The van der Waals surface area contributed by atoms with Crippen molar-refractivity contribution in [1.82, 2.24) is 0 Å². The monoisotopic (exact) mass is 346 g/mol. The number of hydrogen-bond donors (Lipinski definition) is 0. The van der Waals surface area contributed by atoms with E-state index in [0.717, 1.165) is 0 Å². The fraction of sp³-hybridized carbons (Fsp3) is 0.409. The van der Waals surface area contributed by atoms with E-state index < -0.39 is 5.24 Å². The third-order valence-electron chi connectivity index (χ3n) is 3.34. The van der Waals surface area contributed by atoms with Crippen LogP contribution in [-0.4, -0.2) is 5.24 Å². The Morgan fingerprint density at radius 2 is 1.12 bits per heavy atom. The fourth-order valence-electron chi connectivity index (χ4n) is 2.04. The van der Waals surface area contributed by atoms with Crippen LogP contribution in [0, 0.1) is 0 Å². The highest BCUT2D eigenvalue weighted by atomic mass is 35.5. The molecule has 0 unspecified atom stereocenters. The first-order valence-electron chi connectivity index (χ1n) is 8.96. The molecule has 0 aromatic rings. The molecule has 0 amide bonds. The van der Waals surface area contributed by atoms with Crippen molar-refractivity contribution in [3.8, 4) is 0 Å². The summed E-state index contributed by atoms with van der Waals surface area (Å²) in [6.07, 6.45) is 33.4. The Balaban J connectivity index is 3.57. The Labute approximate surface area is 153 Å². The molecule has 0 spiro atoms. The number of rotatable bonds is 14. The summed E-state index contributed by atoms with van der Waals surface area (Å²) in [6.45, 7) is 2.26. The van der Waals surface area contributed by atoms with Crippen LogP contribution >= 0.6 is 11.6 Å². The predicted molar refractivity (Wildman–Crippen MR) is 108 cm³/mol. The maximum Gasteiger partial charge on any atom is 0.245 e. The quantitative estimate of drug-likeness (QED) is 0.140. The third kappa shape index (κ3) is 20.4. The molecule has 2 heteroatoms. The molecule has 0 atom stereocenters. The van der Waals surface area contributed by atoms with Crippen molar-refractivity contribution >= 4 is 16.8 Å². The Hall–Kier alpha value is -1.60. The van der Waals surface area contributed by atoms with E-state index in [-0.39, 0.29) is 0 Å². The first-order chi connectivity index (χ1) is 11.8. The van der Waals surface area contributed by atoms with Crippen molar-refractivity contribution in [3.05, 3.63) is 72.9 Å². The van der Waals surface area contributed by atoms with Gasteiger partial charge in [0, 0.05) is 0 Å². The van der Waals surface area contributed by atoms with Crippen LogP contribution in [0.5, 0.6) is 0 Å². The minimum absolute atomic E-state index is 0.464. The summed E-state index contributed by atoms with van der Waals surface area (Å²) in [6, 6.07) is 0. The van der Waals surface area contributed by atoms with Crippen molar-refractivity contribution in [3.63, 3.8) is 0 Å². The number of halogens is 1. The molecule has 0 radical (unpaired) electrons. The molecule has 0 aliphatic heterocycles. The molecule has 0 aromatic heterocycles. The van der Waals surface area contributed by atoms with Crippen LogP contribution < -0.4 is 0 Å². The summed E-state index contributed by atoms with van der Waals surface area (Å²) < 4.78 is 0. The molecule has 0 fully saturated rings. The molecule has 0 bridgehead atoms. The molecule has 0 rings (SSSR count). The van der Waals surface area contributed by atoms with E-state index in [0.29, 0.717) is 0 Å². The minimum atomic E-state index is -0.464. The van der Waals surface area contributed by atoms with Gasteiger partial charge in [-0.05, 0) is 30.5 Å². The molecule has 0 aliphatic rings. The van der Waals surface area contributed by atoms with Crippen LogP contribution in [0.4, 0.5) is 0 Å². The van der Waals surface area contributed by atoms with Crippen molar-refractivity contribution in [2.24, 2.45) is 0 Å². The number of allylic oxidation sites excluding steroid dienone is 12. The Morgan fingerprint density at radius 1 is 0.667 bits per heavy atom. The molecule has 0 aromatic carbocycles. The number of hydrogen-bond acceptors (Lipinski definition) is 1.